The van der Waals surface area contributed by atoms with E-state index in [1.54, 1.807) is 0.515 Å². The number of phosphoric acid groups is 1. The third kappa shape index (κ3) is 36.0. The van der Waals surface area contributed by atoms with Crippen molar-refractivity contribution in [2.75, 3.05) is 0 Å². The second-order valence-corrected chi connectivity index (χ2v) is 6.58. The predicted molar refractivity (Wildman–Crippen MR) is 67.4 cm³/mol. The van der Waals surface area contributed by atoms with Crippen molar-refractivity contribution in [2.45, 2.75) is 58.8 Å². The minimum absolute atomic E-state index is 1.11. The zero-order valence-corrected chi connectivity index (χ0v) is 14.6. The average molecular weight is 278 g/mol. The quantitative estimate of drug-likeness (QED) is 0.362. The van der Waals surface area contributed by atoms with E-state index in [0.29, 0.717) is 0 Å². The van der Waals surface area contributed by atoms with Crippen LogP contribution in [0.3, 0.4) is 0 Å². The summed E-state index contributed by atoms with van der Waals surface area (Å²) in [5, 5.41) is 0. The van der Waals surface area contributed by atoms with E-state index < -0.39 is 7.82 Å². The van der Waals surface area contributed by atoms with E-state index in [-0.39, 0.29) is 0 Å². The molecular weight excluding hydrogens is 254 g/mol. The van der Waals surface area contributed by atoms with Crippen molar-refractivity contribution in [3.63, 3.8) is 0 Å². The van der Waals surface area contributed by atoms with Crippen LogP contribution < -0.4 is 0 Å². The van der Waals surface area contributed by atoms with Gasteiger partial charge in [0.1, 0.15) is 0 Å². The van der Waals surface area contributed by atoms with Crippen molar-refractivity contribution >= 4 is 56.8 Å². The maximum Gasteiger partial charge on any atom is 0.466 e. The fraction of sp³-hybridized carbons (Fsp3) is 1.00. The molecule has 0 aromatic carbocycles. The normalized spacial score (nSPS) is 10.9. The molecular formula is C10H24KO4P. The van der Waals surface area contributed by atoms with Gasteiger partial charge in [0.15, 0.2) is 0 Å². The fourth-order valence-electron chi connectivity index (χ4n) is 1.38. The first-order valence-corrected chi connectivity index (χ1v) is 9.97. The van der Waals surface area contributed by atoms with Gasteiger partial charge in [-0.1, -0.05) is 0 Å². The fourth-order valence-corrected chi connectivity index (χ4v) is 2.16. The van der Waals surface area contributed by atoms with Crippen LogP contribution in [0.4, 0.5) is 0 Å². The molecule has 0 amide bonds. The Hall–Kier alpha value is 1.75. The van der Waals surface area contributed by atoms with Gasteiger partial charge in [-0.3, -0.25) is 0 Å². The molecule has 0 aromatic heterocycles. The zero-order chi connectivity index (χ0) is 12.9. The summed E-state index contributed by atoms with van der Waals surface area (Å²) in [6.07, 6.45) is 11.8. The molecule has 0 atom stereocenters. The van der Waals surface area contributed by atoms with Crippen molar-refractivity contribution in [2.24, 2.45) is 0 Å². The molecule has 0 saturated carbocycles. The van der Waals surface area contributed by atoms with Crippen LogP contribution in [-0.4, -0.2) is 63.6 Å². The maximum absolute atomic E-state index is 8.88. The molecule has 3 N–H and O–H groups in total. The molecule has 94 valence electrons. The van der Waals surface area contributed by atoms with E-state index in [9.17, 15) is 0 Å². The van der Waals surface area contributed by atoms with Crippen LogP contribution in [0.1, 0.15) is 58.3 Å². The van der Waals surface area contributed by atoms with Gasteiger partial charge in [-0.05, 0) is 0 Å². The molecule has 16 heavy (non-hydrogen) atoms. The van der Waals surface area contributed by atoms with Gasteiger partial charge in [0.25, 0.3) is 0 Å². The summed E-state index contributed by atoms with van der Waals surface area (Å²) in [5.41, 5.74) is 0. The van der Waals surface area contributed by atoms with E-state index in [1.165, 1.54) is 51.4 Å². The second-order valence-electron chi connectivity index (χ2n) is 3.99. The Morgan fingerprint density at radius 1 is 0.875 bits per heavy atom. The Kier molecular flexibility index (Phi) is 18.6. The Morgan fingerprint density at radius 3 is 1.50 bits per heavy atom. The van der Waals surface area contributed by atoms with Crippen molar-refractivity contribution < 1.29 is 19.2 Å². The average Bonchev–Trinajstić information content (AvgIpc) is 2.14. The largest absolute Gasteiger partial charge is 0.466 e. The van der Waals surface area contributed by atoms with Gasteiger partial charge < -0.3 is 14.7 Å². The first-order valence-electron chi connectivity index (χ1n) is 6.20. The third-order valence-corrected chi connectivity index (χ3v) is 3.31. The number of hydrogen-bond acceptors (Lipinski definition) is 1. The van der Waals surface area contributed by atoms with E-state index in [1.807, 2.05) is 0 Å². The first-order chi connectivity index (χ1) is 7.41. The molecule has 0 spiro atoms. The monoisotopic (exact) mass is 278 g/mol. The summed E-state index contributed by atoms with van der Waals surface area (Å²) in [7, 11) is -4.64. The Balaban J connectivity index is 0. The summed E-state index contributed by atoms with van der Waals surface area (Å²) in [6, 6.07) is 0. The summed E-state index contributed by atoms with van der Waals surface area (Å²) in [5.74, 6) is 0. The Bertz CT molecular complexity index is 156. The van der Waals surface area contributed by atoms with E-state index >= 15 is 0 Å². The molecule has 4 nitrogen and oxygen atoms in total. The predicted octanol–water partition coefficient (Wildman–Crippen LogP) is 2.79. The minimum atomic E-state index is -4.64. The molecule has 0 heterocycles. The van der Waals surface area contributed by atoms with Gasteiger partial charge in [-0.15, -0.1) is 0 Å². The Morgan fingerprint density at radius 2 is 1.19 bits per heavy atom. The smallest absolute Gasteiger partial charge is 0.303 e. The number of unbranched alkanes of at least 4 members (excludes halogenated alkanes) is 7. The van der Waals surface area contributed by atoms with Crippen LogP contribution in [0.25, 0.3) is 0 Å². The minimum Gasteiger partial charge on any atom is -0.303 e. The summed E-state index contributed by atoms with van der Waals surface area (Å²) in [4.78, 5) is 21.6. The van der Waals surface area contributed by atoms with Crippen molar-refractivity contribution in [3.05, 3.63) is 0 Å². The topological polar surface area (TPSA) is 77.8 Å². The van der Waals surface area contributed by atoms with Crippen molar-refractivity contribution in [3.8, 4) is 0 Å². The van der Waals surface area contributed by atoms with Crippen LogP contribution in [-0.2, 0) is 4.57 Å². The van der Waals surface area contributed by atoms with E-state index in [0.717, 1.165) is 49.0 Å². The maximum atomic E-state index is 8.88. The number of hydrogen-bond donors (Lipinski definition) is 3. The molecule has 0 aromatic rings. The second kappa shape index (κ2) is 14.8. The molecule has 0 unspecified atom stereocenters. The van der Waals surface area contributed by atoms with E-state index in [4.69, 9.17) is 19.2 Å². The van der Waals surface area contributed by atoms with Gasteiger partial charge >= 0.3 is 116 Å². The van der Waals surface area contributed by atoms with Crippen molar-refractivity contribution in [1.82, 2.24) is 0 Å². The first kappa shape index (κ1) is 20.1. The molecule has 0 bridgehead atoms. The molecule has 0 radical (unpaired) electrons. The third-order valence-electron chi connectivity index (χ3n) is 2.21. The van der Waals surface area contributed by atoms with Gasteiger partial charge in [-0.25, -0.2) is 4.57 Å². The number of rotatable bonds is 8. The van der Waals surface area contributed by atoms with Crippen molar-refractivity contribution in [1.29, 1.82) is 0 Å². The van der Waals surface area contributed by atoms with Gasteiger partial charge in [0.05, 0.1) is 0 Å². The van der Waals surface area contributed by atoms with Crippen LogP contribution in [0, 0.1) is 0 Å². The van der Waals surface area contributed by atoms with E-state index in [2.05, 4.69) is 6.92 Å². The van der Waals surface area contributed by atoms with Crippen LogP contribution in [0.5, 0.6) is 0 Å². The molecule has 0 aliphatic carbocycles. The molecule has 0 aliphatic heterocycles. The molecule has 0 fully saturated rings. The SMILES string of the molecule is CCCCCCCCC[CH2][K].O=P(O)(O)O. The standard InChI is InChI=1S/C10H21.K.H3O4P/c1-3-5-7-9-10-8-6-4-2;;1-5(2,3)4/h1,3-10H2,2H3;;(H3,1,2,3,4). The van der Waals surface area contributed by atoms with Gasteiger partial charge in [-0.2, -0.15) is 0 Å². The molecule has 0 saturated heterocycles. The Labute approximate surface area is 133 Å². The summed E-state index contributed by atoms with van der Waals surface area (Å²) >= 11 is 1.11. The molecule has 0 aliphatic rings. The van der Waals surface area contributed by atoms with Crippen LogP contribution in [0.15, 0.2) is 0 Å². The zero-order valence-electron chi connectivity index (χ0n) is 10.6. The molecule has 0 rings (SSSR count). The van der Waals surface area contributed by atoms with Crippen LogP contribution in [0.2, 0.25) is 0.515 Å². The summed E-state index contributed by atoms with van der Waals surface area (Å²) in [6.45, 7) is 2.28. The van der Waals surface area contributed by atoms with Gasteiger partial charge in [0, 0.05) is 0 Å². The summed E-state index contributed by atoms with van der Waals surface area (Å²) < 4.78 is 10.4. The molecule has 6 heteroatoms. The van der Waals surface area contributed by atoms with Crippen LogP contribution >= 0.6 is 7.82 Å². The van der Waals surface area contributed by atoms with Gasteiger partial charge in [0.2, 0.25) is 0 Å².